The van der Waals surface area contributed by atoms with Gasteiger partial charge < -0.3 is 19.3 Å². The minimum Gasteiger partial charge on any atom is -0.469 e. The van der Waals surface area contributed by atoms with E-state index in [0.717, 1.165) is 64.4 Å². The first-order chi connectivity index (χ1) is 16.1. The van der Waals surface area contributed by atoms with Crippen LogP contribution in [0.2, 0.25) is 0 Å². The van der Waals surface area contributed by atoms with Crippen molar-refractivity contribution in [3.63, 3.8) is 0 Å². The molecule has 1 aliphatic rings. The van der Waals surface area contributed by atoms with E-state index in [1.165, 1.54) is 58.5 Å². The third-order valence-electron chi connectivity index (χ3n) is 6.95. The molecule has 0 aromatic heterocycles. The summed E-state index contributed by atoms with van der Waals surface area (Å²) >= 11 is 0. The molecule has 5 heteroatoms. The summed E-state index contributed by atoms with van der Waals surface area (Å²) in [5.74, 6) is -0.761. The molecule has 1 heterocycles. The van der Waals surface area contributed by atoms with Gasteiger partial charge in [-0.05, 0) is 32.1 Å². The molecule has 1 saturated heterocycles. The summed E-state index contributed by atoms with van der Waals surface area (Å²) in [5.41, 5.74) is 0. The average Bonchev–Trinajstić information content (AvgIpc) is 2.83. The first-order valence-corrected chi connectivity index (χ1v) is 14.1. The zero-order valence-electron chi connectivity index (χ0n) is 22.0. The van der Waals surface area contributed by atoms with Crippen LogP contribution in [-0.4, -0.2) is 43.3 Å². The van der Waals surface area contributed by atoms with Crippen LogP contribution in [0.1, 0.15) is 136 Å². The van der Waals surface area contributed by atoms with Crippen LogP contribution in [0.5, 0.6) is 0 Å². The number of aliphatic hydroxyl groups excluding tert-OH is 1. The molecular weight excluding hydrogens is 416 g/mol. The van der Waals surface area contributed by atoms with Gasteiger partial charge in [0.2, 0.25) is 0 Å². The maximum Gasteiger partial charge on any atom is 0.311 e. The zero-order chi connectivity index (χ0) is 24.2. The molecule has 196 valence electrons. The molecule has 1 aliphatic heterocycles. The fourth-order valence-corrected chi connectivity index (χ4v) is 4.80. The molecule has 1 fully saturated rings. The van der Waals surface area contributed by atoms with Gasteiger partial charge in [0.05, 0.1) is 25.2 Å². The number of aliphatic hydroxyl groups is 1. The number of rotatable bonds is 21. The molecule has 1 rings (SSSR count). The van der Waals surface area contributed by atoms with Crippen LogP contribution in [0.25, 0.3) is 0 Å². The van der Waals surface area contributed by atoms with Crippen LogP contribution in [0.3, 0.4) is 0 Å². The maximum absolute atomic E-state index is 12.4. The summed E-state index contributed by atoms with van der Waals surface area (Å²) in [6, 6.07) is 0. The smallest absolute Gasteiger partial charge is 0.311 e. The van der Waals surface area contributed by atoms with Crippen molar-refractivity contribution in [2.24, 2.45) is 5.92 Å². The summed E-state index contributed by atoms with van der Waals surface area (Å²) in [5, 5.41) is 11.0. The van der Waals surface area contributed by atoms with Crippen molar-refractivity contribution in [1.29, 1.82) is 0 Å². The fourth-order valence-electron chi connectivity index (χ4n) is 4.80. The zero-order valence-corrected chi connectivity index (χ0v) is 22.0. The topological polar surface area (TPSA) is 65.0 Å². The number of unbranched alkanes of at least 4 members (excludes halogenated alkanes) is 11. The second-order valence-electron chi connectivity index (χ2n) is 9.95. The number of hydrogen-bond donors (Lipinski definition) is 1. The third kappa shape index (κ3) is 15.1. The van der Waals surface area contributed by atoms with Gasteiger partial charge >= 0.3 is 5.97 Å². The Kier molecular flexibility index (Phi) is 19.1. The second-order valence-corrected chi connectivity index (χ2v) is 9.95. The molecule has 0 aliphatic carbocycles. The highest BCUT2D eigenvalue weighted by Crippen LogP contribution is 2.25. The first kappa shape index (κ1) is 30.4. The number of hydrogen-bond acceptors (Lipinski definition) is 5. The molecule has 4 unspecified atom stereocenters. The molecule has 0 amide bonds. The molecule has 1 N–H and O–H groups in total. The lowest BCUT2D eigenvalue weighted by Crippen LogP contribution is -2.35. The summed E-state index contributed by atoms with van der Waals surface area (Å²) in [7, 11) is 1.42. The quantitative estimate of drug-likeness (QED) is 0.140. The van der Waals surface area contributed by atoms with E-state index in [2.05, 4.69) is 13.8 Å². The molecule has 5 nitrogen and oxygen atoms in total. The van der Waals surface area contributed by atoms with E-state index >= 15 is 0 Å². The van der Waals surface area contributed by atoms with E-state index in [9.17, 15) is 9.90 Å². The van der Waals surface area contributed by atoms with Gasteiger partial charge in [0.1, 0.15) is 0 Å². The lowest BCUT2D eigenvalue weighted by atomic mass is 9.90. The van der Waals surface area contributed by atoms with E-state index in [0.29, 0.717) is 12.8 Å². The predicted octanol–water partition coefficient (Wildman–Crippen LogP) is 7.33. The Morgan fingerprint density at radius 2 is 1.45 bits per heavy atom. The van der Waals surface area contributed by atoms with Gasteiger partial charge in [0.25, 0.3) is 0 Å². The van der Waals surface area contributed by atoms with Gasteiger partial charge in [-0.3, -0.25) is 4.79 Å². The Bertz CT molecular complexity index is 450. The highest BCUT2D eigenvalue weighted by Gasteiger charge is 2.31. The van der Waals surface area contributed by atoms with Crippen molar-refractivity contribution in [2.45, 2.75) is 154 Å². The summed E-state index contributed by atoms with van der Waals surface area (Å²) in [6.45, 7) is 5.18. The van der Waals surface area contributed by atoms with Crippen LogP contribution >= 0.6 is 0 Å². The molecule has 0 radical (unpaired) electrons. The minimum atomic E-state index is -0.730. The van der Waals surface area contributed by atoms with Gasteiger partial charge in [-0.25, -0.2) is 0 Å². The van der Waals surface area contributed by atoms with Gasteiger partial charge in [-0.15, -0.1) is 0 Å². The molecule has 33 heavy (non-hydrogen) atoms. The van der Waals surface area contributed by atoms with Crippen LogP contribution in [0, 0.1) is 5.92 Å². The van der Waals surface area contributed by atoms with Crippen molar-refractivity contribution < 1.29 is 24.1 Å². The lowest BCUT2D eigenvalue weighted by molar-refractivity contribution is -0.196. The second kappa shape index (κ2) is 20.7. The summed E-state index contributed by atoms with van der Waals surface area (Å²) in [4.78, 5) is 12.4. The van der Waals surface area contributed by atoms with E-state index in [-0.39, 0.29) is 18.4 Å². The lowest BCUT2D eigenvalue weighted by Gasteiger charge is -2.30. The van der Waals surface area contributed by atoms with Gasteiger partial charge in [-0.1, -0.05) is 97.3 Å². The number of methoxy groups -OCH3 is 1. The first-order valence-electron chi connectivity index (χ1n) is 14.1. The van der Waals surface area contributed by atoms with E-state index in [4.69, 9.17) is 14.2 Å². The number of ether oxygens (including phenoxy) is 3. The highest BCUT2D eigenvalue weighted by molar-refractivity contribution is 5.72. The highest BCUT2D eigenvalue weighted by atomic mass is 16.7. The van der Waals surface area contributed by atoms with Crippen molar-refractivity contribution in [3.8, 4) is 0 Å². The Morgan fingerprint density at radius 3 is 2.03 bits per heavy atom. The van der Waals surface area contributed by atoms with E-state index in [1.807, 2.05) is 0 Å². The van der Waals surface area contributed by atoms with Gasteiger partial charge in [-0.2, -0.15) is 0 Å². The van der Waals surface area contributed by atoms with Crippen LogP contribution in [0.4, 0.5) is 0 Å². The molecule has 0 saturated carbocycles. The summed E-state index contributed by atoms with van der Waals surface area (Å²) < 4.78 is 17.1. The predicted molar refractivity (Wildman–Crippen MR) is 135 cm³/mol. The minimum absolute atomic E-state index is 0.0737. The number of carbonyl (C=O) groups excluding carboxylic acids is 1. The van der Waals surface area contributed by atoms with Crippen molar-refractivity contribution in [1.82, 2.24) is 0 Å². The fraction of sp³-hybridized carbons (Fsp3) is 0.964. The largest absolute Gasteiger partial charge is 0.469 e. The monoisotopic (exact) mass is 470 g/mol. The molecule has 0 bridgehead atoms. The molecule has 0 aromatic carbocycles. The van der Waals surface area contributed by atoms with E-state index < -0.39 is 12.0 Å². The van der Waals surface area contributed by atoms with Gasteiger partial charge in [0, 0.05) is 13.0 Å². The van der Waals surface area contributed by atoms with Crippen LogP contribution < -0.4 is 0 Å². The number of esters is 1. The molecule has 0 aromatic rings. The third-order valence-corrected chi connectivity index (χ3v) is 6.95. The van der Waals surface area contributed by atoms with Crippen LogP contribution in [0.15, 0.2) is 0 Å². The normalized spacial score (nSPS) is 19.2. The molecule has 4 atom stereocenters. The van der Waals surface area contributed by atoms with Crippen LogP contribution in [-0.2, 0) is 19.0 Å². The standard InChI is InChI=1S/C28H54O5/c1-4-6-8-10-11-12-13-14-15-19-24(33-27-21-17-18-22-32-27)23-26(29)25(28(30)31-3)20-16-9-7-5-2/h24-27,29H,4-23H2,1-3H3. The average molecular weight is 471 g/mol. The van der Waals surface area contributed by atoms with Crippen molar-refractivity contribution in [2.75, 3.05) is 13.7 Å². The van der Waals surface area contributed by atoms with Crippen molar-refractivity contribution in [3.05, 3.63) is 0 Å². The Hall–Kier alpha value is -0.650. The molecule has 0 spiro atoms. The van der Waals surface area contributed by atoms with Gasteiger partial charge in [0.15, 0.2) is 6.29 Å². The van der Waals surface area contributed by atoms with E-state index in [1.54, 1.807) is 0 Å². The SMILES string of the molecule is CCCCCCCCCCCC(CC(O)C(CCCCCC)C(=O)OC)OC1CCCCO1. The molecular formula is C28H54O5. The Labute approximate surface area is 204 Å². The summed E-state index contributed by atoms with van der Waals surface area (Å²) in [6.07, 6.45) is 20.2. The Balaban J connectivity index is 2.50. The number of carbonyl (C=O) groups is 1. The Morgan fingerprint density at radius 1 is 0.879 bits per heavy atom. The maximum atomic E-state index is 12.4. The van der Waals surface area contributed by atoms with Crippen molar-refractivity contribution >= 4 is 5.97 Å².